The summed E-state index contributed by atoms with van der Waals surface area (Å²) in [5.41, 5.74) is 0.215. The monoisotopic (exact) mass is 300 g/mol. The standard InChI is InChI=1S/C17H36N2O2/c1-5-16(6-2)19(8-9-20)13-17(7-10-21-14-17)12-18-11-15(3)4/h15-16,18,20H,5-14H2,1-4H3. The SMILES string of the molecule is CCC(CC)N(CCO)CC1(CNCC(C)C)CCOC1. The van der Waals surface area contributed by atoms with E-state index >= 15 is 0 Å². The molecule has 0 aromatic heterocycles. The van der Waals surface area contributed by atoms with Crippen molar-refractivity contribution < 1.29 is 9.84 Å². The number of hydrogen-bond acceptors (Lipinski definition) is 4. The van der Waals surface area contributed by atoms with Crippen molar-refractivity contribution in [3.63, 3.8) is 0 Å². The molecule has 0 bridgehead atoms. The minimum Gasteiger partial charge on any atom is -0.395 e. The zero-order valence-electron chi connectivity index (χ0n) is 14.5. The molecule has 1 aliphatic heterocycles. The first-order chi connectivity index (χ1) is 10.1. The molecule has 2 N–H and O–H groups in total. The van der Waals surface area contributed by atoms with Gasteiger partial charge in [0.15, 0.2) is 0 Å². The van der Waals surface area contributed by atoms with Crippen LogP contribution in [0.1, 0.15) is 47.0 Å². The molecule has 0 aromatic rings. The fraction of sp³-hybridized carbons (Fsp3) is 1.00. The predicted octanol–water partition coefficient (Wildman–Crippen LogP) is 2.12. The van der Waals surface area contributed by atoms with Gasteiger partial charge in [-0.15, -0.1) is 0 Å². The second kappa shape index (κ2) is 9.78. The highest BCUT2D eigenvalue weighted by Crippen LogP contribution is 2.30. The maximum atomic E-state index is 9.39. The molecule has 1 heterocycles. The highest BCUT2D eigenvalue weighted by atomic mass is 16.5. The number of aliphatic hydroxyl groups excluding tert-OH is 1. The molecule has 4 heteroatoms. The molecule has 126 valence electrons. The maximum Gasteiger partial charge on any atom is 0.0558 e. The van der Waals surface area contributed by atoms with Crippen molar-refractivity contribution in [3.05, 3.63) is 0 Å². The van der Waals surface area contributed by atoms with Crippen molar-refractivity contribution in [2.75, 3.05) is 46.0 Å². The molecule has 1 rings (SSSR count). The Morgan fingerprint density at radius 3 is 2.48 bits per heavy atom. The second-order valence-electron chi connectivity index (χ2n) is 6.99. The topological polar surface area (TPSA) is 44.7 Å². The summed E-state index contributed by atoms with van der Waals surface area (Å²) in [6.07, 6.45) is 3.42. The van der Waals surface area contributed by atoms with Crippen LogP contribution in [-0.4, -0.2) is 62.0 Å². The fourth-order valence-corrected chi connectivity index (χ4v) is 3.35. The Labute approximate surface area is 131 Å². The first-order valence-corrected chi connectivity index (χ1v) is 8.70. The summed E-state index contributed by atoms with van der Waals surface area (Å²) >= 11 is 0. The lowest BCUT2D eigenvalue weighted by atomic mass is 9.85. The Bertz CT molecular complexity index is 262. The zero-order valence-corrected chi connectivity index (χ0v) is 14.5. The molecule has 21 heavy (non-hydrogen) atoms. The van der Waals surface area contributed by atoms with Crippen LogP contribution in [0.3, 0.4) is 0 Å². The van der Waals surface area contributed by atoms with E-state index in [2.05, 4.69) is 37.9 Å². The van der Waals surface area contributed by atoms with E-state index < -0.39 is 0 Å². The van der Waals surface area contributed by atoms with Crippen molar-refractivity contribution in [1.82, 2.24) is 10.2 Å². The molecule has 1 fully saturated rings. The van der Waals surface area contributed by atoms with Crippen LogP contribution >= 0.6 is 0 Å². The molecule has 1 atom stereocenters. The number of ether oxygens (including phenoxy) is 1. The summed E-state index contributed by atoms with van der Waals surface area (Å²) in [5, 5.41) is 13.0. The van der Waals surface area contributed by atoms with Gasteiger partial charge in [0.1, 0.15) is 0 Å². The Hall–Kier alpha value is -0.160. The molecule has 0 amide bonds. The van der Waals surface area contributed by atoms with Crippen molar-refractivity contribution in [1.29, 1.82) is 0 Å². The Morgan fingerprint density at radius 2 is 2.00 bits per heavy atom. The van der Waals surface area contributed by atoms with E-state index in [4.69, 9.17) is 4.74 Å². The Balaban J connectivity index is 2.64. The van der Waals surface area contributed by atoms with Gasteiger partial charge in [-0.05, 0) is 31.7 Å². The number of nitrogens with zero attached hydrogens (tertiary/aromatic N) is 1. The van der Waals surface area contributed by atoms with Gasteiger partial charge >= 0.3 is 0 Å². The van der Waals surface area contributed by atoms with Gasteiger partial charge < -0.3 is 15.2 Å². The van der Waals surface area contributed by atoms with Gasteiger partial charge in [-0.3, -0.25) is 4.90 Å². The van der Waals surface area contributed by atoms with E-state index in [1.807, 2.05) is 0 Å². The highest BCUT2D eigenvalue weighted by molar-refractivity contribution is 4.90. The summed E-state index contributed by atoms with van der Waals surface area (Å²) in [6, 6.07) is 0.569. The lowest BCUT2D eigenvalue weighted by Crippen LogP contribution is -2.49. The summed E-state index contributed by atoms with van der Waals surface area (Å²) < 4.78 is 5.71. The molecule has 0 radical (unpaired) electrons. The average molecular weight is 300 g/mol. The normalized spacial score (nSPS) is 22.9. The molecule has 0 saturated carbocycles. The average Bonchev–Trinajstić information content (AvgIpc) is 2.88. The molecular formula is C17H36N2O2. The van der Waals surface area contributed by atoms with Gasteiger partial charge in [0, 0.05) is 37.7 Å². The third kappa shape index (κ3) is 6.23. The summed E-state index contributed by atoms with van der Waals surface area (Å²) in [7, 11) is 0. The second-order valence-corrected chi connectivity index (χ2v) is 6.99. The van der Waals surface area contributed by atoms with E-state index in [-0.39, 0.29) is 12.0 Å². The van der Waals surface area contributed by atoms with Crippen LogP contribution in [0.15, 0.2) is 0 Å². The molecular weight excluding hydrogens is 264 g/mol. The van der Waals surface area contributed by atoms with Crippen LogP contribution in [0.5, 0.6) is 0 Å². The maximum absolute atomic E-state index is 9.39. The van der Waals surface area contributed by atoms with E-state index in [1.54, 1.807) is 0 Å². The number of rotatable bonds is 11. The van der Waals surface area contributed by atoms with Crippen molar-refractivity contribution >= 4 is 0 Å². The summed E-state index contributed by atoms with van der Waals surface area (Å²) in [6.45, 7) is 14.8. The van der Waals surface area contributed by atoms with E-state index in [9.17, 15) is 5.11 Å². The molecule has 0 aromatic carbocycles. The van der Waals surface area contributed by atoms with Crippen LogP contribution in [0.4, 0.5) is 0 Å². The minimum absolute atomic E-state index is 0.215. The van der Waals surface area contributed by atoms with Gasteiger partial charge in [-0.25, -0.2) is 0 Å². The van der Waals surface area contributed by atoms with Gasteiger partial charge in [-0.2, -0.15) is 0 Å². The molecule has 4 nitrogen and oxygen atoms in total. The molecule has 1 unspecified atom stereocenters. The van der Waals surface area contributed by atoms with Crippen LogP contribution in [-0.2, 0) is 4.74 Å². The zero-order chi connectivity index (χ0) is 15.7. The predicted molar refractivity (Wildman–Crippen MR) is 88.6 cm³/mol. The van der Waals surface area contributed by atoms with E-state index in [1.165, 1.54) is 0 Å². The number of nitrogens with one attached hydrogen (secondary N) is 1. The van der Waals surface area contributed by atoms with Crippen LogP contribution in [0, 0.1) is 11.3 Å². The lowest BCUT2D eigenvalue weighted by molar-refractivity contribution is 0.0679. The van der Waals surface area contributed by atoms with Crippen LogP contribution in [0.2, 0.25) is 0 Å². The van der Waals surface area contributed by atoms with Gasteiger partial charge in [-0.1, -0.05) is 27.7 Å². The quantitative estimate of drug-likeness (QED) is 0.613. The van der Waals surface area contributed by atoms with E-state index in [0.29, 0.717) is 12.0 Å². The number of aliphatic hydroxyl groups is 1. The van der Waals surface area contributed by atoms with Gasteiger partial charge in [0.2, 0.25) is 0 Å². The lowest BCUT2D eigenvalue weighted by Gasteiger charge is -2.38. The van der Waals surface area contributed by atoms with Crippen LogP contribution in [0.25, 0.3) is 0 Å². The van der Waals surface area contributed by atoms with Crippen molar-refractivity contribution in [3.8, 4) is 0 Å². The van der Waals surface area contributed by atoms with Crippen molar-refractivity contribution in [2.24, 2.45) is 11.3 Å². The Kier molecular flexibility index (Phi) is 8.79. The Morgan fingerprint density at radius 1 is 1.29 bits per heavy atom. The molecule has 1 saturated heterocycles. The first kappa shape index (κ1) is 18.9. The molecule has 0 spiro atoms. The van der Waals surface area contributed by atoms with Gasteiger partial charge in [0.25, 0.3) is 0 Å². The highest BCUT2D eigenvalue weighted by Gasteiger charge is 2.37. The van der Waals surface area contributed by atoms with Gasteiger partial charge in [0.05, 0.1) is 13.2 Å². The molecule has 1 aliphatic rings. The first-order valence-electron chi connectivity index (χ1n) is 8.70. The van der Waals surface area contributed by atoms with Crippen molar-refractivity contribution in [2.45, 2.75) is 53.0 Å². The largest absolute Gasteiger partial charge is 0.395 e. The number of hydrogen-bond donors (Lipinski definition) is 2. The molecule has 0 aliphatic carbocycles. The third-order valence-electron chi connectivity index (χ3n) is 4.62. The summed E-state index contributed by atoms with van der Waals surface area (Å²) in [5.74, 6) is 0.678. The van der Waals surface area contributed by atoms with E-state index in [0.717, 1.165) is 58.7 Å². The third-order valence-corrected chi connectivity index (χ3v) is 4.62. The minimum atomic E-state index is 0.215. The fourth-order valence-electron chi connectivity index (χ4n) is 3.35. The van der Waals surface area contributed by atoms with Crippen LogP contribution < -0.4 is 5.32 Å². The smallest absolute Gasteiger partial charge is 0.0558 e. The summed E-state index contributed by atoms with van der Waals surface area (Å²) in [4.78, 5) is 2.48.